The van der Waals surface area contributed by atoms with Crippen molar-refractivity contribution >= 4 is 0 Å². The van der Waals surface area contributed by atoms with E-state index in [1.807, 2.05) is 14.0 Å². The minimum atomic E-state index is 1.00. The lowest BCUT2D eigenvalue weighted by molar-refractivity contribution is 0.999. The van der Waals surface area contributed by atoms with Crippen LogP contribution < -0.4 is 5.32 Å². The Morgan fingerprint density at radius 3 is 1.62 bits per heavy atom. The van der Waals surface area contributed by atoms with Gasteiger partial charge in [0.25, 0.3) is 0 Å². The van der Waals surface area contributed by atoms with E-state index in [1.54, 1.807) is 0 Å². The molecule has 0 fully saturated rings. The van der Waals surface area contributed by atoms with Gasteiger partial charge in [0.2, 0.25) is 0 Å². The molecule has 1 aromatic carbocycles. The average molecular weight is 177 g/mol. The van der Waals surface area contributed by atoms with Gasteiger partial charge in [-0.2, -0.15) is 0 Å². The van der Waals surface area contributed by atoms with Gasteiger partial charge in [0.15, 0.2) is 0 Å². The molecule has 0 bridgehead atoms. The second kappa shape index (κ2) is 6.30. The van der Waals surface area contributed by atoms with Crippen LogP contribution in [0.3, 0.4) is 0 Å². The fourth-order valence-electron chi connectivity index (χ4n) is 0.663. The molecule has 1 heteroatoms. The van der Waals surface area contributed by atoms with Gasteiger partial charge in [-0.15, -0.1) is 0 Å². The molecule has 0 unspecified atom stereocenters. The van der Waals surface area contributed by atoms with Crippen molar-refractivity contribution in [1.29, 1.82) is 0 Å². The van der Waals surface area contributed by atoms with E-state index in [2.05, 4.69) is 50.0 Å². The van der Waals surface area contributed by atoms with E-state index in [0.29, 0.717) is 0 Å². The molecule has 1 N–H and O–H groups in total. The Bertz CT molecular complexity index is 243. The van der Waals surface area contributed by atoms with E-state index >= 15 is 0 Å². The number of benzene rings is 1. The predicted molar refractivity (Wildman–Crippen MR) is 59.8 cm³/mol. The molecule has 13 heavy (non-hydrogen) atoms. The molecular weight excluding hydrogens is 158 g/mol. The fourth-order valence-corrected chi connectivity index (χ4v) is 0.663. The first-order chi connectivity index (χ1) is 6.07. The average Bonchev–Trinajstić information content (AvgIpc) is 2.11. The molecule has 1 rings (SSSR count). The molecule has 0 aliphatic rings. The van der Waals surface area contributed by atoms with Crippen LogP contribution in [0.2, 0.25) is 0 Å². The molecule has 0 radical (unpaired) electrons. The first-order valence-electron chi connectivity index (χ1n) is 4.43. The molecule has 0 saturated carbocycles. The van der Waals surface area contributed by atoms with Crippen LogP contribution in [0.1, 0.15) is 18.1 Å². The van der Waals surface area contributed by atoms with Crippen molar-refractivity contribution in [2.24, 2.45) is 0 Å². The van der Waals surface area contributed by atoms with Crippen LogP contribution in [0, 0.1) is 13.8 Å². The smallest absolute Gasteiger partial charge is 0.00299 e. The van der Waals surface area contributed by atoms with Gasteiger partial charge >= 0.3 is 0 Å². The number of hydrogen-bond acceptors (Lipinski definition) is 1. The second-order valence-corrected chi connectivity index (χ2v) is 3.11. The summed E-state index contributed by atoms with van der Waals surface area (Å²) in [6.45, 7) is 9.72. The van der Waals surface area contributed by atoms with Crippen molar-refractivity contribution in [1.82, 2.24) is 5.32 Å². The van der Waals surface area contributed by atoms with Gasteiger partial charge < -0.3 is 5.32 Å². The van der Waals surface area contributed by atoms with Crippen LogP contribution >= 0.6 is 0 Å². The Morgan fingerprint density at radius 2 is 1.46 bits per heavy atom. The lowest BCUT2D eigenvalue weighted by Gasteiger charge is -1.93. The SMILES string of the molecule is C=C(C)NC.Cc1ccccc1C. The maximum atomic E-state index is 3.56. The van der Waals surface area contributed by atoms with E-state index < -0.39 is 0 Å². The van der Waals surface area contributed by atoms with Gasteiger partial charge in [-0.05, 0) is 37.6 Å². The molecule has 72 valence electrons. The van der Waals surface area contributed by atoms with Gasteiger partial charge in [0.05, 0.1) is 0 Å². The Labute approximate surface area is 81.5 Å². The van der Waals surface area contributed by atoms with Crippen molar-refractivity contribution in [3.05, 3.63) is 47.7 Å². The van der Waals surface area contributed by atoms with Gasteiger partial charge in [-0.25, -0.2) is 0 Å². The molecule has 0 heterocycles. The van der Waals surface area contributed by atoms with Crippen LogP contribution in [-0.4, -0.2) is 7.05 Å². The number of hydrogen-bond donors (Lipinski definition) is 1. The van der Waals surface area contributed by atoms with Crippen LogP contribution in [0.5, 0.6) is 0 Å². The van der Waals surface area contributed by atoms with Crippen molar-refractivity contribution in [2.75, 3.05) is 7.05 Å². The summed E-state index contributed by atoms with van der Waals surface area (Å²) in [5, 5.41) is 2.83. The maximum Gasteiger partial charge on any atom is 0.00299 e. The summed E-state index contributed by atoms with van der Waals surface area (Å²) in [5.41, 5.74) is 3.74. The Hall–Kier alpha value is -1.24. The van der Waals surface area contributed by atoms with Crippen molar-refractivity contribution in [2.45, 2.75) is 20.8 Å². The Kier molecular flexibility index (Phi) is 5.69. The van der Waals surface area contributed by atoms with Gasteiger partial charge in [-0.3, -0.25) is 0 Å². The third-order valence-electron chi connectivity index (χ3n) is 1.85. The first kappa shape index (κ1) is 11.8. The molecule has 0 aliphatic carbocycles. The highest BCUT2D eigenvalue weighted by molar-refractivity contribution is 5.23. The molecule has 0 aromatic heterocycles. The molecule has 0 aliphatic heterocycles. The third kappa shape index (κ3) is 5.97. The fraction of sp³-hybridized carbons (Fsp3) is 0.333. The van der Waals surface area contributed by atoms with Crippen LogP contribution in [-0.2, 0) is 0 Å². The standard InChI is InChI=1S/C8H10.C4H9N/c1-7-5-3-4-6-8(7)2;1-4(2)5-3/h3-6H,1-2H3;5H,1H2,2-3H3. The highest BCUT2D eigenvalue weighted by atomic mass is 14.8. The molecule has 0 spiro atoms. The topological polar surface area (TPSA) is 12.0 Å². The number of nitrogens with one attached hydrogen (secondary N) is 1. The number of allylic oxidation sites excluding steroid dienone is 1. The minimum Gasteiger partial charge on any atom is -0.392 e. The zero-order chi connectivity index (χ0) is 10.3. The van der Waals surface area contributed by atoms with E-state index in [4.69, 9.17) is 0 Å². The predicted octanol–water partition coefficient (Wildman–Crippen LogP) is 3.04. The van der Waals surface area contributed by atoms with E-state index in [1.165, 1.54) is 11.1 Å². The molecule has 1 nitrogen and oxygen atoms in total. The Morgan fingerprint density at radius 1 is 1.15 bits per heavy atom. The number of aryl methyl sites for hydroxylation is 2. The zero-order valence-electron chi connectivity index (χ0n) is 9.02. The van der Waals surface area contributed by atoms with E-state index in [9.17, 15) is 0 Å². The summed E-state index contributed by atoms with van der Waals surface area (Å²) in [7, 11) is 1.85. The largest absolute Gasteiger partial charge is 0.392 e. The second-order valence-electron chi connectivity index (χ2n) is 3.11. The van der Waals surface area contributed by atoms with Crippen molar-refractivity contribution < 1.29 is 0 Å². The lowest BCUT2D eigenvalue weighted by atomic mass is 10.1. The summed E-state index contributed by atoms with van der Waals surface area (Å²) in [4.78, 5) is 0. The molecular formula is C12H19N. The van der Waals surface area contributed by atoms with Crippen molar-refractivity contribution in [3.8, 4) is 0 Å². The van der Waals surface area contributed by atoms with Gasteiger partial charge in [0.1, 0.15) is 0 Å². The summed E-state index contributed by atoms with van der Waals surface area (Å²) in [6.07, 6.45) is 0. The minimum absolute atomic E-state index is 1.00. The summed E-state index contributed by atoms with van der Waals surface area (Å²) >= 11 is 0. The van der Waals surface area contributed by atoms with Crippen LogP contribution in [0.25, 0.3) is 0 Å². The van der Waals surface area contributed by atoms with Crippen LogP contribution in [0.15, 0.2) is 36.5 Å². The molecule has 0 amide bonds. The number of rotatable bonds is 1. The maximum absolute atomic E-state index is 3.56. The molecule has 0 saturated heterocycles. The van der Waals surface area contributed by atoms with Gasteiger partial charge in [-0.1, -0.05) is 30.8 Å². The van der Waals surface area contributed by atoms with Crippen LogP contribution in [0.4, 0.5) is 0 Å². The Balaban J connectivity index is 0.000000252. The summed E-state index contributed by atoms with van der Waals surface area (Å²) in [5.74, 6) is 0. The first-order valence-corrected chi connectivity index (χ1v) is 4.43. The van der Waals surface area contributed by atoms with Gasteiger partial charge in [0, 0.05) is 7.05 Å². The quantitative estimate of drug-likeness (QED) is 0.695. The lowest BCUT2D eigenvalue weighted by Crippen LogP contribution is -1.98. The molecule has 0 atom stereocenters. The zero-order valence-corrected chi connectivity index (χ0v) is 9.02. The summed E-state index contributed by atoms with van der Waals surface area (Å²) < 4.78 is 0. The van der Waals surface area contributed by atoms with Crippen molar-refractivity contribution in [3.63, 3.8) is 0 Å². The normalized spacial score (nSPS) is 8.31. The van der Waals surface area contributed by atoms with E-state index in [0.717, 1.165) is 5.70 Å². The highest BCUT2D eigenvalue weighted by Gasteiger charge is 1.83. The highest BCUT2D eigenvalue weighted by Crippen LogP contribution is 2.02. The monoisotopic (exact) mass is 177 g/mol. The summed E-state index contributed by atoms with van der Waals surface area (Å²) in [6, 6.07) is 8.36. The molecule has 1 aromatic rings. The third-order valence-corrected chi connectivity index (χ3v) is 1.85. The van der Waals surface area contributed by atoms with E-state index in [-0.39, 0.29) is 0 Å².